The van der Waals surface area contributed by atoms with Gasteiger partial charge in [0.1, 0.15) is 0 Å². The molecule has 0 spiro atoms. The Morgan fingerprint density at radius 2 is 1.79 bits per heavy atom. The first-order chi connectivity index (χ1) is 9.10. The smallest absolute Gasteiger partial charge is 0.0543 e. The van der Waals surface area contributed by atoms with Crippen molar-refractivity contribution in [3.05, 3.63) is 63.6 Å². The fourth-order valence-corrected chi connectivity index (χ4v) is 3.31. The van der Waals surface area contributed by atoms with Crippen LogP contribution in [0.5, 0.6) is 0 Å². The summed E-state index contributed by atoms with van der Waals surface area (Å²) in [5.74, 6) is 0. The molecule has 4 heteroatoms. The molecule has 0 radical (unpaired) electrons. The van der Waals surface area contributed by atoms with Crippen LogP contribution in [0.1, 0.15) is 16.4 Å². The Hall–Kier alpha value is -0.670. The summed E-state index contributed by atoms with van der Waals surface area (Å²) < 4.78 is 0. The Morgan fingerprint density at radius 3 is 2.42 bits per heavy atom. The maximum atomic E-state index is 6.19. The third-order valence-corrected chi connectivity index (χ3v) is 4.84. The number of aryl methyl sites for hydroxylation is 1. The third-order valence-electron chi connectivity index (χ3n) is 2.83. The van der Waals surface area contributed by atoms with Crippen molar-refractivity contribution in [2.24, 2.45) is 5.73 Å². The average molecular weight is 312 g/mol. The van der Waals surface area contributed by atoms with Gasteiger partial charge < -0.3 is 5.73 Å². The van der Waals surface area contributed by atoms with Crippen LogP contribution in [-0.4, -0.2) is 6.54 Å². The molecule has 0 heterocycles. The fraction of sp³-hybridized carbons (Fsp3) is 0.200. The van der Waals surface area contributed by atoms with E-state index in [2.05, 4.69) is 31.2 Å². The summed E-state index contributed by atoms with van der Waals surface area (Å²) in [4.78, 5) is 0.963. The predicted octanol–water partition coefficient (Wildman–Crippen LogP) is 5.09. The van der Waals surface area contributed by atoms with Crippen molar-refractivity contribution in [3.8, 4) is 0 Å². The Bertz CT molecular complexity index is 555. The van der Waals surface area contributed by atoms with E-state index in [4.69, 9.17) is 28.9 Å². The van der Waals surface area contributed by atoms with Crippen molar-refractivity contribution in [1.82, 2.24) is 0 Å². The quantitative estimate of drug-likeness (QED) is 0.795. The van der Waals surface area contributed by atoms with Crippen LogP contribution < -0.4 is 5.73 Å². The van der Waals surface area contributed by atoms with E-state index >= 15 is 0 Å². The van der Waals surface area contributed by atoms with Crippen molar-refractivity contribution in [2.45, 2.75) is 17.1 Å². The molecule has 0 aliphatic rings. The molecule has 0 aliphatic carbocycles. The zero-order valence-corrected chi connectivity index (χ0v) is 12.9. The molecule has 2 N–H and O–H groups in total. The summed E-state index contributed by atoms with van der Waals surface area (Å²) in [6.07, 6.45) is 0. The highest BCUT2D eigenvalue weighted by molar-refractivity contribution is 7.99. The van der Waals surface area contributed by atoms with E-state index < -0.39 is 0 Å². The molecule has 0 fully saturated rings. The number of nitrogens with two attached hydrogens (primary N) is 1. The molecule has 1 nitrogen and oxygen atoms in total. The summed E-state index contributed by atoms with van der Waals surface area (Å²) in [7, 11) is 0. The second kappa shape index (κ2) is 6.67. The van der Waals surface area contributed by atoms with E-state index in [1.807, 2.05) is 12.1 Å². The number of thioether (sulfide) groups is 1. The first-order valence-electron chi connectivity index (χ1n) is 5.98. The molecule has 0 bridgehead atoms. The number of halogens is 2. The number of hydrogen-bond acceptors (Lipinski definition) is 2. The lowest BCUT2D eigenvalue weighted by Gasteiger charge is -2.16. The van der Waals surface area contributed by atoms with Gasteiger partial charge in [-0.3, -0.25) is 0 Å². The molecule has 0 saturated heterocycles. The minimum atomic E-state index is 0.177. The zero-order valence-electron chi connectivity index (χ0n) is 10.6. The van der Waals surface area contributed by atoms with Crippen LogP contribution in [0.25, 0.3) is 0 Å². The molecule has 0 aromatic heterocycles. The summed E-state index contributed by atoms with van der Waals surface area (Å²) in [5, 5.41) is 1.57. The van der Waals surface area contributed by atoms with Gasteiger partial charge in [-0.1, -0.05) is 53.0 Å². The molecule has 2 aromatic rings. The highest BCUT2D eigenvalue weighted by Crippen LogP contribution is 2.39. The van der Waals surface area contributed by atoms with Crippen LogP contribution in [0.15, 0.2) is 47.4 Å². The lowest BCUT2D eigenvalue weighted by atomic mass is 10.1. The molecule has 0 saturated carbocycles. The van der Waals surface area contributed by atoms with Crippen LogP contribution >= 0.6 is 35.0 Å². The Labute approximate surface area is 128 Å². The van der Waals surface area contributed by atoms with Gasteiger partial charge in [0, 0.05) is 21.7 Å². The van der Waals surface area contributed by atoms with Gasteiger partial charge in [-0.05, 0) is 30.7 Å². The van der Waals surface area contributed by atoms with Gasteiger partial charge in [-0.15, -0.1) is 11.8 Å². The van der Waals surface area contributed by atoms with E-state index in [0.29, 0.717) is 16.6 Å². The summed E-state index contributed by atoms with van der Waals surface area (Å²) >= 11 is 13.8. The summed E-state index contributed by atoms with van der Waals surface area (Å²) in [6.45, 7) is 2.62. The minimum absolute atomic E-state index is 0.177. The van der Waals surface area contributed by atoms with Crippen LogP contribution in [-0.2, 0) is 0 Å². The van der Waals surface area contributed by atoms with Gasteiger partial charge in [-0.2, -0.15) is 0 Å². The first kappa shape index (κ1) is 14.7. The van der Waals surface area contributed by atoms with Crippen LogP contribution in [0.4, 0.5) is 0 Å². The molecule has 2 rings (SSSR count). The normalized spacial score (nSPS) is 12.4. The van der Waals surface area contributed by atoms with Crippen LogP contribution in [0, 0.1) is 6.92 Å². The summed E-state index contributed by atoms with van der Waals surface area (Å²) in [6, 6.07) is 13.9. The van der Waals surface area contributed by atoms with E-state index in [-0.39, 0.29) is 5.25 Å². The minimum Gasteiger partial charge on any atom is -0.329 e. The van der Waals surface area contributed by atoms with Crippen molar-refractivity contribution in [3.63, 3.8) is 0 Å². The molecule has 0 amide bonds. The maximum Gasteiger partial charge on any atom is 0.0543 e. The van der Waals surface area contributed by atoms with Gasteiger partial charge in [-0.25, -0.2) is 0 Å². The van der Waals surface area contributed by atoms with Crippen molar-refractivity contribution in [1.29, 1.82) is 0 Å². The van der Waals surface area contributed by atoms with Gasteiger partial charge in [0.25, 0.3) is 0 Å². The first-order valence-corrected chi connectivity index (χ1v) is 7.62. The van der Waals surface area contributed by atoms with E-state index in [9.17, 15) is 0 Å². The Balaban J connectivity index is 2.23. The fourth-order valence-electron chi connectivity index (χ4n) is 1.75. The molecule has 100 valence electrons. The third kappa shape index (κ3) is 3.90. The SMILES string of the molecule is Cc1ccc(C(CN)Sc2cc(Cl)ccc2Cl)cc1. The van der Waals surface area contributed by atoms with Crippen LogP contribution in [0.2, 0.25) is 10.0 Å². The molecular formula is C15H15Cl2NS. The number of benzene rings is 2. The zero-order chi connectivity index (χ0) is 13.8. The second-order valence-electron chi connectivity index (χ2n) is 4.33. The molecule has 1 atom stereocenters. The molecule has 0 aliphatic heterocycles. The highest BCUT2D eigenvalue weighted by atomic mass is 35.5. The Kier molecular flexibility index (Phi) is 5.17. The monoisotopic (exact) mass is 311 g/mol. The van der Waals surface area contributed by atoms with Gasteiger partial charge >= 0.3 is 0 Å². The lowest BCUT2D eigenvalue weighted by molar-refractivity contribution is 0.940. The van der Waals surface area contributed by atoms with Crippen molar-refractivity contribution >= 4 is 35.0 Å². The number of hydrogen-bond donors (Lipinski definition) is 1. The van der Waals surface area contributed by atoms with Crippen LogP contribution in [0.3, 0.4) is 0 Å². The van der Waals surface area contributed by atoms with Crippen molar-refractivity contribution < 1.29 is 0 Å². The number of rotatable bonds is 4. The van der Waals surface area contributed by atoms with E-state index in [0.717, 1.165) is 4.90 Å². The lowest BCUT2D eigenvalue weighted by Crippen LogP contribution is -2.09. The highest BCUT2D eigenvalue weighted by Gasteiger charge is 2.13. The Morgan fingerprint density at radius 1 is 1.11 bits per heavy atom. The maximum absolute atomic E-state index is 6.19. The van der Waals surface area contributed by atoms with E-state index in [1.54, 1.807) is 17.8 Å². The van der Waals surface area contributed by atoms with E-state index in [1.165, 1.54) is 11.1 Å². The average Bonchev–Trinajstić information content (AvgIpc) is 2.41. The molecule has 1 unspecified atom stereocenters. The predicted molar refractivity (Wildman–Crippen MR) is 85.3 cm³/mol. The standard InChI is InChI=1S/C15H15Cl2NS/c1-10-2-4-11(5-3-10)15(9-18)19-14-8-12(16)6-7-13(14)17/h2-8,15H,9,18H2,1H3. The molecule has 2 aromatic carbocycles. The molecule has 19 heavy (non-hydrogen) atoms. The largest absolute Gasteiger partial charge is 0.329 e. The van der Waals surface area contributed by atoms with Gasteiger partial charge in [0.05, 0.1) is 5.02 Å². The van der Waals surface area contributed by atoms with Gasteiger partial charge in [0.2, 0.25) is 0 Å². The summed E-state index contributed by atoms with van der Waals surface area (Å²) in [5.41, 5.74) is 8.33. The topological polar surface area (TPSA) is 26.0 Å². The second-order valence-corrected chi connectivity index (χ2v) is 6.42. The van der Waals surface area contributed by atoms with Crippen molar-refractivity contribution in [2.75, 3.05) is 6.54 Å². The van der Waals surface area contributed by atoms with Gasteiger partial charge in [0.15, 0.2) is 0 Å². The molecular weight excluding hydrogens is 297 g/mol.